The zero-order valence-electron chi connectivity index (χ0n) is 12.0. The van der Waals surface area contributed by atoms with E-state index in [1.54, 1.807) is 36.5 Å². The molecule has 6 nitrogen and oxygen atoms in total. The Bertz CT molecular complexity index is 851. The third kappa shape index (κ3) is 2.95. The quantitative estimate of drug-likeness (QED) is 0.560. The predicted octanol–water partition coefficient (Wildman–Crippen LogP) is 2.02. The molecule has 3 rings (SSSR count). The Balaban J connectivity index is 1.79. The lowest BCUT2D eigenvalue weighted by Gasteiger charge is -2.04. The van der Waals surface area contributed by atoms with Crippen LogP contribution in [0.15, 0.2) is 59.9 Å². The molecule has 1 amide bonds. The molecule has 1 aromatic carbocycles. The van der Waals surface area contributed by atoms with E-state index in [4.69, 9.17) is 5.73 Å². The summed E-state index contributed by atoms with van der Waals surface area (Å²) in [5, 5.41) is 2.56. The van der Waals surface area contributed by atoms with Gasteiger partial charge in [-0.05, 0) is 31.2 Å². The number of rotatable bonds is 2. The van der Waals surface area contributed by atoms with Crippen LogP contribution < -0.4 is 11.1 Å². The van der Waals surface area contributed by atoms with Crippen molar-refractivity contribution in [2.24, 2.45) is 10.7 Å². The number of carbonyl (C=O) groups is 1. The van der Waals surface area contributed by atoms with Crippen LogP contribution in [0, 0.1) is 6.92 Å². The molecule has 0 spiro atoms. The van der Waals surface area contributed by atoms with E-state index < -0.39 is 0 Å². The first kappa shape index (κ1) is 13.8. The molecule has 0 atom stereocenters. The lowest BCUT2D eigenvalue weighted by molar-refractivity contribution is 0.0976. The molecular formula is C16H15N5O. The second-order valence-electron chi connectivity index (χ2n) is 4.85. The zero-order valence-corrected chi connectivity index (χ0v) is 12.0. The predicted molar refractivity (Wildman–Crippen MR) is 85.1 cm³/mol. The van der Waals surface area contributed by atoms with Gasteiger partial charge < -0.3 is 10.1 Å². The number of hydrogen-bond acceptors (Lipinski definition) is 3. The van der Waals surface area contributed by atoms with Crippen LogP contribution in [0.1, 0.15) is 16.1 Å². The number of pyridine rings is 1. The molecule has 0 aliphatic heterocycles. The number of imidazole rings is 1. The van der Waals surface area contributed by atoms with E-state index in [1.807, 2.05) is 29.7 Å². The Labute approximate surface area is 127 Å². The molecule has 2 heterocycles. The van der Waals surface area contributed by atoms with E-state index in [9.17, 15) is 4.79 Å². The summed E-state index contributed by atoms with van der Waals surface area (Å²) in [5.41, 5.74) is 8.71. The summed E-state index contributed by atoms with van der Waals surface area (Å²) in [6, 6.07) is 12.5. The van der Waals surface area contributed by atoms with Gasteiger partial charge >= 0.3 is 0 Å². The number of aryl methyl sites for hydroxylation is 1. The van der Waals surface area contributed by atoms with Crippen LogP contribution in [0.4, 0.5) is 5.69 Å². The van der Waals surface area contributed by atoms with Crippen molar-refractivity contribution in [3.05, 3.63) is 66.1 Å². The van der Waals surface area contributed by atoms with Crippen LogP contribution in [-0.2, 0) is 0 Å². The Morgan fingerprint density at radius 1 is 1.18 bits per heavy atom. The van der Waals surface area contributed by atoms with Crippen molar-refractivity contribution in [3.8, 4) is 0 Å². The molecule has 0 bridgehead atoms. The van der Waals surface area contributed by atoms with Crippen molar-refractivity contribution in [3.63, 3.8) is 0 Å². The number of carbonyl (C=O) groups excluding carboxylic acids is 1. The number of benzene rings is 1. The summed E-state index contributed by atoms with van der Waals surface area (Å²) in [6.45, 7) is 1.92. The van der Waals surface area contributed by atoms with Gasteiger partial charge in [0.2, 0.25) is 5.96 Å². The molecule has 110 valence electrons. The number of nitrogens with zero attached hydrogens (tertiary/aromatic N) is 3. The lowest BCUT2D eigenvalue weighted by Crippen LogP contribution is -2.36. The van der Waals surface area contributed by atoms with E-state index in [-0.39, 0.29) is 11.9 Å². The van der Waals surface area contributed by atoms with Crippen molar-refractivity contribution < 1.29 is 4.79 Å². The van der Waals surface area contributed by atoms with Crippen molar-refractivity contribution in [2.45, 2.75) is 6.92 Å². The molecule has 0 saturated carbocycles. The number of guanidine groups is 1. The maximum absolute atomic E-state index is 12.0. The molecule has 2 aromatic heterocycles. The van der Waals surface area contributed by atoms with Crippen LogP contribution in [0.5, 0.6) is 0 Å². The standard InChI is InChI=1S/C16H15N5O/c1-11-9-21-10-13(7-8-14(21)18-11)19-16(17)20-15(22)12-5-3-2-4-6-12/h2-10H,1H3,(H3,17,19,20,22). The first-order valence-electron chi connectivity index (χ1n) is 6.78. The number of nitrogens with one attached hydrogen (secondary N) is 1. The number of amides is 1. The highest BCUT2D eigenvalue weighted by Gasteiger charge is 2.06. The summed E-state index contributed by atoms with van der Waals surface area (Å²) in [7, 11) is 0. The summed E-state index contributed by atoms with van der Waals surface area (Å²) in [5.74, 6) is -0.244. The molecule has 0 radical (unpaired) electrons. The van der Waals surface area contributed by atoms with E-state index in [0.29, 0.717) is 11.3 Å². The summed E-state index contributed by atoms with van der Waals surface area (Å²) in [4.78, 5) is 20.5. The average molecular weight is 293 g/mol. The van der Waals surface area contributed by atoms with E-state index in [0.717, 1.165) is 11.3 Å². The van der Waals surface area contributed by atoms with Gasteiger partial charge in [-0.15, -0.1) is 0 Å². The average Bonchev–Trinajstić information content (AvgIpc) is 2.87. The highest BCUT2D eigenvalue weighted by atomic mass is 16.1. The van der Waals surface area contributed by atoms with Gasteiger partial charge in [0.15, 0.2) is 0 Å². The van der Waals surface area contributed by atoms with Crippen LogP contribution in [-0.4, -0.2) is 21.3 Å². The van der Waals surface area contributed by atoms with Gasteiger partial charge in [0, 0.05) is 18.0 Å². The maximum atomic E-state index is 12.0. The van der Waals surface area contributed by atoms with Crippen LogP contribution in [0.3, 0.4) is 0 Å². The smallest absolute Gasteiger partial charge is 0.257 e. The fourth-order valence-electron chi connectivity index (χ4n) is 2.12. The number of aromatic nitrogens is 2. The molecule has 0 unspecified atom stereocenters. The number of hydrogen-bond donors (Lipinski definition) is 2. The third-order valence-electron chi connectivity index (χ3n) is 3.08. The fraction of sp³-hybridized carbons (Fsp3) is 0.0625. The topological polar surface area (TPSA) is 84.8 Å². The fourth-order valence-corrected chi connectivity index (χ4v) is 2.12. The van der Waals surface area contributed by atoms with Crippen molar-refractivity contribution in [1.29, 1.82) is 0 Å². The molecule has 3 aromatic rings. The second kappa shape index (κ2) is 5.69. The van der Waals surface area contributed by atoms with Gasteiger partial charge in [-0.2, -0.15) is 0 Å². The van der Waals surface area contributed by atoms with Crippen molar-refractivity contribution in [1.82, 2.24) is 14.7 Å². The van der Waals surface area contributed by atoms with Crippen molar-refractivity contribution >= 4 is 23.2 Å². The van der Waals surface area contributed by atoms with E-state index >= 15 is 0 Å². The molecule has 0 aliphatic rings. The van der Waals surface area contributed by atoms with Gasteiger partial charge in [-0.25, -0.2) is 9.98 Å². The largest absolute Gasteiger partial charge is 0.369 e. The zero-order chi connectivity index (χ0) is 15.5. The Hall–Kier alpha value is -3.15. The highest BCUT2D eigenvalue weighted by Crippen LogP contribution is 2.14. The van der Waals surface area contributed by atoms with Crippen LogP contribution in [0.25, 0.3) is 5.65 Å². The summed E-state index contributed by atoms with van der Waals surface area (Å²) < 4.78 is 1.86. The van der Waals surface area contributed by atoms with Crippen LogP contribution >= 0.6 is 0 Å². The highest BCUT2D eigenvalue weighted by molar-refractivity contribution is 6.05. The van der Waals surface area contributed by atoms with E-state index in [2.05, 4.69) is 15.3 Å². The minimum atomic E-state index is -0.290. The molecular weight excluding hydrogens is 278 g/mol. The normalized spacial score (nSPS) is 11.6. The Kier molecular flexibility index (Phi) is 3.57. The van der Waals surface area contributed by atoms with Crippen LogP contribution in [0.2, 0.25) is 0 Å². The number of aliphatic imine (C=N–C) groups is 1. The lowest BCUT2D eigenvalue weighted by atomic mass is 10.2. The Morgan fingerprint density at radius 3 is 2.73 bits per heavy atom. The molecule has 6 heteroatoms. The molecule has 0 aliphatic carbocycles. The molecule has 0 fully saturated rings. The third-order valence-corrected chi connectivity index (χ3v) is 3.08. The molecule has 0 saturated heterocycles. The van der Waals surface area contributed by atoms with Gasteiger partial charge in [-0.1, -0.05) is 18.2 Å². The first-order valence-corrected chi connectivity index (χ1v) is 6.78. The van der Waals surface area contributed by atoms with Crippen molar-refractivity contribution in [2.75, 3.05) is 0 Å². The number of fused-ring (bicyclic) bond motifs is 1. The SMILES string of the molecule is Cc1cn2cc(N=C(N)NC(=O)c3ccccc3)ccc2n1. The monoisotopic (exact) mass is 293 g/mol. The maximum Gasteiger partial charge on any atom is 0.257 e. The summed E-state index contributed by atoms with van der Waals surface area (Å²) >= 11 is 0. The molecule has 3 N–H and O–H groups in total. The number of nitrogens with two attached hydrogens (primary N) is 1. The summed E-state index contributed by atoms with van der Waals surface area (Å²) in [6.07, 6.45) is 3.70. The minimum Gasteiger partial charge on any atom is -0.369 e. The van der Waals surface area contributed by atoms with Gasteiger partial charge in [0.1, 0.15) is 5.65 Å². The minimum absolute atomic E-state index is 0.0463. The Morgan fingerprint density at radius 2 is 1.95 bits per heavy atom. The second-order valence-corrected chi connectivity index (χ2v) is 4.85. The first-order chi connectivity index (χ1) is 10.6. The molecule has 22 heavy (non-hydrogen) atoms. The van der Waals surface area contributed by atoms with Gasteiger partial charge in [0.05, 0.1) is 11.4 Å². The van der Waals surface area contributed by atoms with E-state index in [1.165, 1.54) is 0 Å². The van der Waals surface area contributed by atoms with Gasteiger partial charge in [0.25, 0.3) is 5.91 Å². The van der Waals surface area contributed by atoms with Gasteiger partial charge in [-0.3, -0.25) is 10.1 Å².